The van der Waals surface area contributed by atoms with Gasteiger partial charge in [-0.15, -0.1) is 5.10 Å². The van der Waals surface area contributed by atoms with E-state index in [1.165, 1.54) is 6.21 Å². The van der Waals surface area contributed by atoms with E-state index in [2.05, 4.69) is 25.6 Å². The van der Waals surface area contributed by atoms with Gasteiger partial charge in [-0.3, -0.25) is 14.6 Å². The number of amides is 2. The third kappa shape index (κ3) is 9.37. The molecule has 0 radical (unpaired) electrons. The molecule has 5 N–H and O–H groups in total. The lowest BCUT2D eigenvalue weighted by Gasteiger charge is -2.11. The number of nitrogen functional groups attached to an aromatic ring is 1. The summed E-state index contributed by atoms with van der Waals surface area (Å²) in [5.74, 6) is -3.12. The number of rotatable bonds is 9. The van der Waals surface area contributed by atoms with Crippen LogP contribution in [0.3, 0.4) is 0 Å². The lowest BCUT2D eigenvalue weighted by atomic mass is 10.1. The predicted octanol–water partition coefficient (Wildman–Crippen LogP) is 4.19. The molecule has 0 saturated carbocycles. The van der Waals surface area contributed by atoms with Gasteiger partial charge in [0.15, 0.2) is 0 Å². The zero-order valence-corrected chi connectivity index (χ0v) is 24.1. The molecule has 13 heteroatoms. The lowest BCUT2D eigenvalue weighted by Crippen LogP contribution is -2.16. The van der Waals surface area contributed by atoms with Crippen LogP contribution in [0.5, 0.6) is 0 Å². The molecule has 0 aliphatic carbocycles. The molecule has 0 fully saturated rings. The second kappa shape index (κ2) is 15.6. The molecule has 13 nitrogen and oxygen atoms in total. The summed E-state index contributed by atoms with van der Waals surface area (Å²) in [7, 11) is 0. The van der Waals surface area contributed by atoms with Crippen LogP contribution in [0.25, 0.3) is 11.3 Å². The first kappa shape index (κ1) is 32.2. The van der Waals surface area contributed by atoms with E-state index in [-0.39, 0.29) is 11.8 Å². The van der Waals surface area contributed by atoms with Crippen molar-refractivity contribution in [2.24, 2.45) is 4.99 Å². The van der Waals surface area contributed by atoms with Crippen LogP contribution in [-0.4, -0.2) is 60.2 Å². The van der Waals surface area contributed by atoms with Crippen molar-refractivity contribution in [1.29, 1.82) is 0 Å². The van der Waals surface area contributed by atoms with Gasteiger partial charge in [0.2, 0.25) is 0 Å². The third-order valence-corrected chi connectivity index (χ3v) is 6.15. The van der Waals surface area contributed by atoms with E-state index in [4.69, 9.17) is 15.9 Å². The number of aliphatic carboxylic acids is 2. The van der Waals surface area contributed by atoms with Gasteiger partial charge in [0.05, 0.1) is 24.1 Å². The van der Waals surface area contributed by atoms with Crippen LogP contribution < -0.4 is 11.1 Å². The number of carboxylic acids is 2. The van der Waals surface area contributed by atoms with Gasteiger partial charge >= 0.3 is 11.9 Å². The molecule has 5 rings (SSSR count). The number of pyridine rings is 1. The van der Waals surface area contributed by atoms with Crippen molar-refractivity contribution in [3.05, 3.63) is 138 Å². The molecule has 0 unspecified atom stereocenters. The number of benzene rings is 3. The zero-order chi connectivity index (χ0) is 32.9. The number of carboxylic acid groups (broad SMARTS) is 2. The summed E-state index contributed by atoms with van der Waals surface area (Å²) >= 11 is 0. The Labute approximate surface area is 262 Å². The zero-order valence-electron chi connectivity index (χ0n) is 24.1. The van der Waals surface area contributed by atoms with Gasteiger partial charge in [-0.1, -0.05) is 53.7 Å². The quantitative estimate of drug-likeness (QED) is 0.105. The van der Waals surface area contributed by atoms with Gasteiger partial charge in [0.1, 0.15) is 5.69 Å². The first-order chi connectivity index (χ1) is 22.2. The number of hydrogen-bond donors (Lipinski definition) is 4. The topological polar surface area (TPSA) is 203 Å². The molecule has 2 amide bonds. The van der Waals surface area contributed by atoms with Crippen LogP contribution in [0.2, 0.25) is 0 Å². The maximum atomic E-state index is 13.0. The maximum absolute atomic E-state index is 13.0. The van der Waals surface area contributed by atoms with E-state index in [1.807, 2.05) is 36.4 Å². The number of nitrogens with two attached hydrogens (primary N) is 1. The summed E-state index contributed by atoms with van der Waals surface area (Å²) in [5, 5.41) is 27.0. The molecule has 46 heavy (non-hydrogen) atoms. The summed E-state index contributed by atoms with van der Waals surface area (Å²) in [6.45, 7) is 0.348. The van der Waals surface area contributed by atoms with Crippen molar-refractivity contribution >= 4 is 41.3 Å². The number of aliphatic imine (C=N–C) groups is 1. The first-order valence-electron chi connectivity index (χ1n) is 13.6. The van der Waals surface area contributed by atoms with E-state index in [1.54, 1.807) is 71.8 Å². The number of nitrogens with one attached hydrogen (secondary N) is 1. The SMILES string of the molecule is Nc1ccccc1NC(=O)c1ccccc1Cn1cc(-c2ccc(C(=O)N=Cc3cccnc3)cc2)nn1.O=C(O)/C=C\C(=O)O. The molecule has 3 aromatic carbocycles. The normalized spacial score (nSPS) is 10.7. The first-order valence-corrected chi connectivity index (χ1v) is 13.6. The lowest BCUT2D eigenvalue weighted by molar-refractivity contribution is -0.134. The minimum Gasteiger partial charge on any atom is -0.478 e. The van der Waals surface area contributed by atoms with Crippen LogP contribution in [0, 0.1) is 0 Å². The maximum Gasteiger partial charge on any atom is 0.328 e. The van der Waals surface area contributed by atoms with Crippen molar-refractivity contribution in [2.75, 3.05) is 11.1 Å². The number of nitrogens with zero attached hydrogens (tertiary/aromatic N) is 5. The summed E-state index contributed by atoms with van der Waals surface area (Å²) < 4.78 is 1.66. The van der Waals surface area contributed by atoms with Crippen molar-refractivity contribution in [2.45, 2.75) is 6.54 Å². The molecule has 5 aromatic rings. The van der Waals surface area contributed by atoms with Crippen LogP contribution in [0.1, 0.15) is 31.8 Å². The summed E-state index contributed by atoms with van der Waals surface area (Å²) in [6.07, 6.45) is 7.69. The summed E-state index contributed by atoms with van der Waals surface area (Å²) in [6, 6.07) is 25.0. The predicted molar refractivity (Wildman–Crippen MR) is 170 cm³/mol. The van der Waals surface area contributed by atoms with Gasteiger partial charge in [0.25, 0.3) is 11.8 Å². The van der Waals surface area contributed by atoms with Crippen molar-refractivity contribution < 1.29 is 29.4 Å². The highest BCUT2D eigenvalue weighted by atomic mass is 16.4. The van der Waals surface area contributed by atoms with Gasteiger partial charge in [-0.25, -0.2) is 19.3 Å². The Morgan fingerprint density at radius 3 is 2.24 bits per heavy atom. The summed E-state index contributed by atoms with van der Waals surface area (Å²) in [5.41, 5.74) is 11.0. The fraction of sp³-hybridized carbons (Fsp3) is 0.0303. The molecule has 2 aromatic heterocycles. The summed E-state index contributed by atoms with van der Waals surface area (Å²) in [4.78, 5) is 52.5. The molecule has 0 saturated heterocycles. The Balaban J connectivity index is 0.000000533. The van der Waals surface area contributed by atoms with Crippen molar-refractivity contribution in [3.8, 4) is 11.3 Å². The van der Waals surface area contributed by atoms with Gasteiger partial charge in [-0.05, 0) is 42.0 Å². The number of aromatic nitrogens is 4. The fourth-order valence-corrected chi connectivity index (χ4v) is 3.95. The highest BCUT2D eigenvalue weighted by molar-refractivity contribution is 6.06. The number of carbonyl (C=O) groups excluding carboxylic acids is 2. The number of hydrogen-bond acceptors (Lipinski definition) is 8. The highest BCUT2D eigenvalue weighted by Gasteiger charge is 2.14. The van der Waals surface area contributed by atoms with Gasteiger partial charge in [0, 0.05) is 53.0 Å². The van der Waals surface area contributed by atoms with Crippen LogP contribution in [0.4, 0.5) is 11.4 Å². The minimum atomic E-state index is -1.26. The molecular formula is C33H27N7O6. The van der Waals surface area contributed by atoms with E-state index >= 15 is 0 Å². The average molecular weight is 618 g/mol. The highest BCUT2D eigenvalue weighted by Crippen LogP contribution is 2.21. The number of anilines is 2. The van der Waals surface area contributed by atoms with E-state index in [0.717, 1.165) is 16.7 Å². The Bertz CT molecular complexity index is 1890. The second-order valence-corrected chi connectivity index (χ2v) is 9.44. The molecule has 0 atom stereocenters. The standard InChI is InChI=1S/C29H23N7O2.C4H4O4/c30-25-9-3-4-10-26(25)33-29(38)24-8-2-1-7-23(24)18-36-19-27(34-35-36)21-11-13-22(14-12-21)28(37)32-17-20-6-5-15-31-16-20;5-3(6)1-2-4(7)8/h1-17,19H,18,30H2,(H,33,38);1-2H,(H,5,6)(H,7,8)/b;2-1-. The van der Waals surface area contributed by atoms with E-state index in [9.17, 15) is 19.2 Å². The van der Waals surface area contributed by atoms with Crippen LogP contribution >= 0.6 is 0 Å². The number of para-hydroxylation sites is 2. The van der Waals surface area contributed by atoms with Gasteiger partial charge < -0.3 is 21.3 Å². The molecule has 0 aliphatic heterocycles. The van der Waals surface area contributed by atoms with Crippen LogP contribution in [-0.2, 0) is 16.1 Å². The van der Waals surface area contributed by atoms with E-state index < -0.39 is 11.9 Å². The Morgan fingerprint density at radius 1 is 0.870 bits per heavy atom. The molecular weight excluding hydrogens is 590 g/mol. The largest absolute Gasteiger partial charge is 0.478 e. The Kier molecular flexibility index (Phi) is 10.9. The fourth-order valence-electron chi connectivity index (χ4n) is 3.95. The Hall–Kier alpha value is -6.76. The average Bonchev–Trinajstić information content (AvgIpc) is 3.53. The van der Waals surface area contributed by atoms with E-state index in [0.29, 0.717) is 46.9 Å². The van der Waals surface area contributed by atoms with Gasteiger partial charge in [-0.2, -0.15) is 0 Å². The molecule has 2 heterocycles. The third-order valence-electron chi connectivity index (χ3n) is 6.15. The van der Waals surface area contributed by atoms with Crippen LogP contribution in [0.15, 0.2) is 121 Å². The molecule has 0 bridgehead atoms. The van der Waals surface area contributed by atoms with Crippen molar-refractivity contribution in [1.82, 2.24) is 20.0 Å². The smallest absolute Gasteiger partial charge is 0.328 e. The van der Waals surface area contributed by atoms with Crippen molar-refractivity contribution in [3.63, 3.8) is 0 Å². The molecule has 230 valence electrons. The minimum absolute atomic E-state index is 0.259. The Morgan fingerprint density at radius 2 is 1.57 bits per heavy atom. The monoisotopic (exact) mass is 617 g/mol. The second-order valence-electron chi connectivity index (χ2n) is 9.44. The number of carbonyl (C=O) groups is 4. The molecule has 0 aliphatic rings. The molecule has 0 spiro atoms.